The summed E-state index contributed by atoms with van der Waals surface area (Å²) in [5.41, 5.74) is 1.15. The van der Waals surface area contributed by atoms with Crippen molar-refractivity contribution in [2.75, 3.05) is 31.4 Å². The van der Waals surface area contributed by atoms with Crippen LogP contribution >= 0.6 is 0 Å². The van der Waals surface area contributed by atoms with Crippen molar-refractivity contribution in [3.8, 4) is 11.5 Å². The molecule has 0 saturated carbocycles. The van der Waals surface area contributed by atoms with Crippen molar-refractivity contribution in [3.63, 3.8) is 0 Å². The molecule has 108 valence electrons. The Balaban J connectivity index is 1.35. The van der Waals surface area contributed by atoms with Gasteiger partial charge in [0, 0.05) is 25.2 Å². The predicted octanol–water partition coefficient (Wildman–Crippen LogP) is 0.892. The van der Waals surface area contributed by atoms with E-state index in [-0.39, 0.29) is 0 Å². The van der Waals surface area contributed by atoms with Crippen molar-refractivity contribution in [1.29, 1.82) is 0 Å². The number of hydrogen-bond acceptors (Lipinski definition) is 5. The summed E-state index contributed by atoms with van der Waals surface area (Å²) in [5, 5.41) is 0. The second-order valence-electron chi connectivity index (χ2n) is 5.94. The molecule has 1 aromatic rings. The zero-order valence-corrected chi connectivity index (χ0v) is 11.9. The van der Waals surface area contributed by atoms with Gasteiger partial charge < -0.3 is 9.47 Å². The number of ether oxygens (including phenoxy) is 2. The van der Waals surface area contributed by atoms with Gasteiger partial charge in [-0.05, 0) is 17.9 Å². The molecule has 0 atom stereocenters. The number of sulfone groups is 1. The van der Waals surface area contributed by atoms with Gasteiger partial charge in [0.15, 0.2) is 21.3 Å². The topological polar surface area (TPSA) is 55.8 Å². The lowest BCUT2D eigenvalue weighted by molar-refractivity contribution is 0.0581. The van der Waals surface area contributed by atoms with Gasteiger partial charge in [0.2, 0.25) is 6.79 Å². The molecule has 0 unspecified atom stereocenters. The minimum Gasteiger partial charge on any atom is -0.454 e. The number of nitrogens with zero attached hydrogens (tertiary/aromatic N) is 1. The molecule has 0 spiro atoms. The van der Waals surface area contributed by atoms with Gasteiger partial charge in [0.25, 0.3) is 0 Å². The maximum Gasteiger partial charge on any atom is 0.231 e. The smallest absolute Gasteiger partial charge is 0.231 e. The molecule has 3 aliphatic heterocycles. The lowest BCUT2D eigenvalue weighted by Crippen LogP contribution is -2.55. The second-order valence-corrected chi connectivity index (χ2v) is 8.10. The van der Waals surface area contributed by atoms with Crippen LogP contribution in [0, 0.1) is 11.8 Å². The largest absolute Gasteiger partial charge is 0.454 e. The highest BCUT2D eigenvalue weighted by Gasteiger charge is 2.43. The predicted molar refractivity (Wildman–Crippen MR) is 73.5 cm³/mol. The highest BCUT2D eigenvalue weighted by atomic mass is 32.2. The molecule has 20 heavy (non-hydrogen) atoms. The van der Waals surface area contributed by atoms with Crippen LogP contribution in [0.1, 0.15) is 5.56 Å². The quantitative estimate of drug-likeness (QED) is 0.829. The first-order valence-electron chi connectivity index (χ1n) is 6.91. The van der Waals surface area contributed by atoms with E-state index in [1.165, 1.54) is 0 Å². The van der Waals surface area contributed by atoms with E-state index >= 15 is 0 Å². The van der Waals surface area contributed by atoms with Gasteiger partial charge in [0.05, 0.1) is 11.5 Å². The van der Waals surface area contributed by atoms with Crippen molar-refractivity contribution in [2.24, 2.45) is 11.8 Å². The average molecular weight is 295 g/mol. The van der Waals surface area contributed by atoms with E-state index in [0.29, 0.717) is 30.1 Å². The van der Waals surface area contributed by atoms with Crippen molar-refractivity contribution in [2.45, 2.75) is 6.54 Å². The maximum absolute atomic E-state index is 11.2. The highest BCUT2D eigenvalue weighted by molar-refractivity contribution is 7.92. The Morgan fingerprint density at radius 1 is 1.15 bits per heavy atom. The van der Waals surface area contributed by atoms with Crippen LogP contribution in [0.2, 0.25) is 0 Å². The molecule has 2 saturated heterocycles. The average Bonchev–Trinajstić information content (AvgIpc) is 2.79. The van der Waals surface area contributed by atoms with Gasteiger partial charge in [-0.2, -0.15) is 0 Å². The Hall–Kier alpha value is -1.27. The molecule has 0 amide bonds. The Bertz CT molecular complexity index is 625. The fourth-order valence-corrected chi connectivity index (χ4v) is 5.02. The molecule has 3 heterocycles. The Morgan fingerprint density at radius 2 is 1.95 bits per heavy atom. The van der Waals surface area contributed by atoms with Crippen LogP contribution in [0.4, 0.5) is 0 Å². The van der Waals surface area contributed by atoms with Gasteiger partial charge in [-0.15, -0.1) is 0 Å². The van der Waals surface area contributed by atoms with Crippen LogP contribution in [0.15, 0.2) is 18.2 Å². The monoisotopic (exact) mass is 295 g/mol. The first-order valence-corrected chi connectivity index (χ1v) is 8.73. The SMILES string of the molecule is O=S1(=O)CC(C2CN(Cc3cccc4c3OCO4)C2)C1. The lowest BCUT2D eigenvalue weighted by Gasteiger charge is -2.46. The fraction of sp³-hybridized carbons (Fsp3) is 0.571. The third-order valence-corrected chi connectivity index (χ3v) is 6.33. The van der Waals surface area contributed by atoms with Crippen LogP contribution in [0.5, 0.6) is 11.5 Å². The van der Waals surface area contributed by atoms with Gasteiger partial charge in [0.1, 0.15) is 0 Å². The second kappa shape index (κ2) is 4.36. The Morgan fingerprint density at radius 3 is 2.70 bits per heavy atom. The number of para-hydroxylation sites is 1. The molecule has 0 aliphatic carbocycles. The van der Waals surface area contributed by atoms with Crippen molar-refractivity contribution in [1.82, 2.24) is 4.90 Å². The molecule has 0 N–H and O–H groups in total. The molecule has 1 aromatic carbocycles. The lowest BCUT2D eigenvalue weighted by atomic mass is 9.87. The molecule has 3 aliphatic rings. The number of fused-ring (bicyclic) bond motifs is 1. The molecule has 0 bridgehead atoms. The summed E-state index contributed by atoms with van der Waals surface area (Å²) in [4.78, 5) is 2.34. The van der Waals surface area contributed by atoms with Gasteiger partial charge in [-0.25, -0.2) is 8.42 Å². The molecule has 5 nitrogen and oxygen atoms in total. The van der Waals surface area contributed by atoms with E-state index < -0.39 is 9.84 Å². The van der Waals surface area contributed by atoms with Gasteiger partial charge in [-0.3, -0.25) is 4.90 Å². The number of likely N-dealkylation sites (tertiary alicyclic amines) is 1. The first-order chi connectivity index (χ1) is 9.61. The molecule has 0 aromatic heterocycles. The van der Waals surface area contributed by atoms with Crippen LogP contribution in [0.3, 0.4) is 0 Å². The van der Waals surface area contributed by atoms with E-state index in [1.54, 1.807) is 0 Å². The Labute approximate surface area is 118 Å². The molecule has 4 rings (SSSR count). The number of hydrogen-bond donors (Lipinski definition) is 0. The summed E-state index contributed by atoms with van der Waals surface area (Å²) < 4.78 is 33.3. The van der Waals surface area contributed by atoms with Gasteiger partial charge >= 0.3 is 0 Å². The normalized spacial score (nSPS) is 25.2. The molecule has 6 heteroatoms. The maximum atomic E-state index is 11.2. The minimum atomic E-state index is -2.69. The van der Waals surface area contributed by atoms with Crippen molar-refractivity contribution < 1.29 is 17.9 Å². The van der Waals surface area contributed by atoms with Crippen molar-refractivity contribution >= 4 is 9.84 Å². The summed E-state index contributed by atoms with van der Waals surface area (Å²) in [6, 6.07) is 5.97. The van der Waals surface area contributed by atoms with E-state index in [1.807, 2.05) is 12.1 Å². The molecular formula is C14H17NO4S. The standard InChI is InChI=1S/C14H17NO4S/c16-20(17)7-12(8-20)11-5-15(6-11)4-10-2-1-3-13-14(10)19-9-18-13/h1-3,11-12H,4-9H2. The van der Waals surface area contributed by atoms with E-state index in [2.05, 4.69) is 11.0 Å². The summed E-state index contributed by atoms with van der Waals surface area (Å²) in [7, 11) is -2.69. The summed E-state index contributed by atoms with van der Waals surface area (Å²) >= 11 is 0. The van der Waals surface area contributed by atoms with E-state index in [4.69, 9.17) is 9.47 Å². The van der Waals surface area contributed by atoms with Crippen LogP contribution < -0.4 is 9.47 Å². The van der Waals surface area contributed by atoms with Crippen LogP contribution in [-0.4, -0.2) is 44.7 Å². The Kier molecular flexibility index (Phi) is 2.72. The third-order valence-electron chi connectivity index (χ3n) is 4.46. The molecular weight excluding hydrogens is 278 g/mol. The minimum absolute atomic E-state index is 0.301. The van der Waals surface area contributed by atoms with Gasteiger partial charge in [-0.1, -0.05) is 12.1 Å². The van der Waals surface area contributed by atoms with Crippen LogP contribution in [0.25, 0.3) is 0 Å². The molecule has 0 radical (unpaired) electrons. The zero-order chi connectivity index (χ0) is 13.7. The van der Waals surface area contributed by atoms with Crippen molar-refractivity contribution in [3.05, 3.63) is 23.8 Å². The fourth-order valence-electron chi connectivity index (χ4n) is 3.27. The summed E-state index contributed by atoms with van der Waals surface area (Å²) in [6.45, 7) is 3.13. The van der Waals surface area contributed by atoms with E-state index in [9.17, 15) is 8.42 Å². The van der Waals surface area contributed by atoms with Crippen LogP contribution in [-0.2, 0) is 16.4 Å². The zero-order valence-electron chi connectivity index (χ0n) is 11.1. The third kappa shape index (κ3) is 2.07. The van der Waals surface area contributed by atoms with E-state index in [0.717, 1.165) is 36.7 Å². The summed E-state index contributed by atoms with van der Waals surface area (Å²) in [5.74, 6) is 3.41. The molecule has 2 fully saturated rings. The highest BCUT2D eigenvalue weighted by Crippen LogP contribution is 2.38. The number of benzene rings is 1. The first kappa shape index (κ1) is 12.5. The summed E-state index contributed by atoms with van der Waals surface area (Å²) in [6.07, 6.45) is 0. The number of rotatable bonds is 3.